The maximum atomic E-state index is 14.0. The van der Waals surface area contributed by atoms with Gasteiger partial charge in [0.2, 0.25) is 40.8 Å². The lowest BCUT2D eigenvalue weighted by atomic mass is 10.3. The summed E-state index contributed by atoms with van der Waals surface area (Å²) in [4.78, 5) is 111. The van der Waals surface area contributed by atoms with Gasteiger partial charge >= 0.3 is 59.7 Å². The molecule has 598 valence electrons. The lowest BCUT2D eigenvalue weighted by molar-refractivity contribution is -0.0395. The van der Waals surface area contributed by atoms with Gasteiger partial charge in [0.05, 0.1) is 87.3 Å². The van der Waals surface area contributed by atoms with Crippen molar-refractivity contribution >= 4 is 111 Å². The average Bonchev–Trinajstić information content (AvgIpc) is 1.67. The molecule has 4 atom stereocenters. The first kappa shape index (κ1) is 87.0. The molecular weight excluding hydrogens is 1490 g/mol. The first-order valence-electron chi connectivity index (χ1n) is 33.2. The molecule has 6 heterocycles. The monoisotopic (exact) mass is 1580 g/mol. The van der Waals surface area contributed by atoms with Crippen molar-refractivity contribution in [1.29, 1.82) is 0 Å². The normalized spacial score (nSPS) is 13.6. The van der Waals surface area contributed by atoms with Crippen LogP contribution in [0.3, 0.4) is 0 Å². The molecule has 45 nitrogen and oxygen atoms in total. The Labute approximate surface area is 614 Å². The van der Waals surface area contributed by atoms with Crippen molar-refractivity contribution in [3.8, 4) is 0 Å². The fourth-order valence-electron chi connectivity index (χ4n) is 8.52. The van der Waals surface area contributed by atoms with Crippen LogP contribution in [0.2, 0.25) is 0 Å². The third kappa shape index (κ3) is 30.4. The van der Waals surface area contributed by atoms with Gasteiger partial charge in [-0.1, -0.05) is 6.92 Å². The highest BCUT2D eigenvalue weighted by Gasteiger charge is 2.35. The van der Waals surface area contributed by atoms with E-state index < -0.39 is 181 Å². The van der Waals surface area contributed by atoms with Crippen LogP contribution in [-0.2, 0) is 125 Å². The molecular formula is C59H92N15O30P3. The number of carbonyl (C=O) groups is 6. The number of nitrogens with one attached hydrogen (secondary N) is 4. The molecule has 0 bridgehead atoms. The van der Waals surface area contributed by atoms with Crippen molar-refractivity contribution in [3.63, 3.8) is 0 Å². The summed E-state index contributed by atoms with van der Waals surface area (Å²) in [5.74, 6) is 0.861. The van der Waals surface area contributed by atoms with Crippen LogP contribution in [0.4, 0.5) is 57.7 Å². The summed E-state index contributed by atoms with van der Waals surface area (Å²) >= 11 is 0. The highest BCUT2D eigenvalue weighted by Crippen LogP contribution is 2.51. The number of rotatable bonds is 46. The second kappa shape index (κ2) is 42.6. The molecule has 0 aliphatic carbocycles. The molecule has 0 aromatic carbocycles. The highest BCUT2D eigenvalue weighted by atomic mass is 31.2. The fourth-order valence-corrected chi connectivity index (χ4v) is 11.7. The third-order valence-corrected chi connectivity index (χ3v) is 17.4. The minimum absolute atomic E-state index is 0.0154. The lowest BCUT2D eigenvalue weighted by Gasteiger charge is -2.25. The van der Waals surface area contributed by atoms with E-state index in [1.807, 2.05) is 0 Å². The van der Waals surface area contributed by atoms with Crippen molar-refractivity contribution in [2.75, 3.05) is 99.2 Å². The van der Waals surface area contributed by atoms with Crippen molar-refractivity contribution in [2.24, 2.45) is 0 Å². The summed E-state index contributed by atoms with van der Waals surface area (Å²) in [5, 5.41) is 13.3. The Kier molecular flexibility index (Phi) is 34.7. The Morgan fingerprint density at radius 1 is 0.421 bits per heavy atom. The molecule has 0 amide bonds. The van der Waals surface area contributed by atoms with Gasteiger partial charge in [-0.15, -0.1) is 0 Å². The van der Waals surface area contributed by atoms with Gasteiger partial charge in [0.1, 0.15) is 43.7 Å². The van der Waals surface area contributed by atoms with Gasteiger partial charge in [0.15, 0.2) is 51.9 Å². The van der Waals surface area contributed by atoms with E-state index in [2.05, 4.69) is 61.1 Å². The van der Waals surface area contributed by atoms with Crippen LogP contribution in [0.1, 0.15) is 110 Å². The average molecular weight is 1580 g/mol. The molecule has 107 heavy (non-hydrogen) atoms. The zero-order valence-electron chi connectivity index (χ0n) is 61.6. The van der Waals surface area contributed by atoms with Crippen LogP contribution in [0.15, 0.2) is 31.6 Å². The molecule has 5 aromatic rings. The van der Waals surface area contributed by atoms with E-state index in [0.717, 1.165) is 0 Å². The number of anilines is 5. The Bertz CT molecular complexity index is 3740. The second-order valence-corrected chi connectivity index (χ2v) is 30.1. The smallest absolute Gasteiger partial charge is 0.432 e. The van der Waals surface area contributed by atoms with E-state index in [4.69, 9.17) is 98.2 Å². The lowest BCUT2D eigenvalue weighted by Crippen LogP contribution is -2.38. The molecule has 48 heteroatoms. The second-order valence-electron chi connectivity index (χ2n) is 24.1. The zero-order chi connectivity index (χ0) is 78.4. The van der Waals surface area contributed by atoms with Gasteiger partial charge in [-0.3, -0.25) is 40.8 Å². The number of carbonyl (C=O) groups excluding carboxylic acids is 6. The largest absolute Gasteiger partial charge is 0.510 e. The first-order chi connectivity index (χ1) is 50.7. The quantitative estimate of drug-likeness (QED) is 0.0122. The van der Waals surface area contributed by atoms with Crippen LogP contribution in [0.5, 0.6) is 0 Å². The van der Waals surface area contributed by atoms with Gasteiger partial charge in [-0.05, 0) is 103 Å². The first-order valence-corrected chi connectivity index (χ1v) is 38.4. The summed E-state index contributed by atoms with van der Waals surface area (Å²) in [6.45, 7) is 19.1. The molecule has 5 aromatic heterocycles. The molecule has 0 spiro atoms. The Balaban J connectivity index is 1.26. The van der Waals surface area contributed by atoms with E-state index in [1.165, 1.54) is 31.6 Å². The Morgan fingerprint density at radius 3 is 1.09 bits per heavy atom. The Morgan fingerprint density at radius 2 is 0.738 bits per heavy atom. The summed E-state index contributed by atoms with van der Waals surface area (Å²) in [5.41, 5.74) is 1.40. The molecule has 6 rings (SSSR count). The number of fused-ring (bicyclic) bond motifs is 3. The molecule has 0 saturated heterocycles. The zero-order valence-corrected chi connectivity index (χ0v) is 64.3. The van der Waals surface area contributed by atoms with Crippen LogP contribution in [0, 0.1) is 0 Å². The predicted octanol–water partition coefficient (Wildman–Crippen LogP) is 10.1. The summed E-state index contributed by atoms with van der Waals surface area (Å²) < 4.78 is 154. The van der Waals surface area contributed by atoms with Crippen molar-refractivity contribution in [3.05, 3.63) is 31.6 Å². The van der Waals surface area contributed by atoms with Crippen LogP contribution in [0.25, 0.3) is 22.3 Å². The maximum Gasteiger partial charge on any atom is 0.510 e. The van der Waals surface area contributed by atoms with Gasteiger partial charge < -0.3 is 106 Å². The van der Waals surface area contributed by atoms with Crippen LogP contribution >= 0.6 is 22.8 Å². The minimum atomic E-state index is -4.37. The fraction of sp³-hybridized carbons (Fsp3) is 0.661. The number of hydrogen-bond donors (Lipinski definition) is 4. The number of aromatic nitrogens is 10. The van der Waals surface area contributed by atoms with Gasteiger partial charge in [-0.2, -0.15) is 0 Å². The highest BCUT2D eigenvalue weighted by molar-refractivity contribution is 7.54. The maximum absolute atomic E-state index is 14.0. The predicted molar refractivity (Wildman–Crippen MR) is 369 cm³/mol. The minimum Gasteiger partial charge on any atom is -0.432 e. The molecule has 1 aliphatic heterocycles. The molecule has 0 radical (unpaired) electrons. The van der Waals surface area contributed by atoms with Crippen LogP contribution < -0.4 is 26.2 Å². The number of nitrogens with zero attached hydrogens (tertiary/aromatic N) is 11. The van der Waals surface area contributed by atoms with Gasteiger partial charge in [0.25, 0.3) is 0 Å². The van der Waals surface area contributed by atoms with Crippen molar-refractivity contribution in [2.45, 2.75) is 185 Å². The Hall–Kier alpha value is -8.87. The van der Waals surface area contributed by atoms with E-state index >= 15 is 0 Å². The number of hydrogen-bond acceptors (Lipinski definition) is 43. The standard InChI is InChI=1S/C59H92N15O30P3/c1-16-43(92-34-107(83,97-30-88-58(79)103-39(10)11)98-31-89-59(80)104-40(12)13)19-74-25-68-46-49(62-22-65-52(46)74)71-53(69-47-44-50(63-20-60-47)72(23-66-44)17-41(14)90-32-105(81,93-26-84-54(75)99-35(2)3)94-27-85-55(76)100-36(4)5)70-48-45-51(64-21-61-48)73(24-67-45)18-42(15)91-33-106(82,95-28-86-56(77)101-37(6)7)96-29-87-57(78)102-38(8)9/h20-23,25,35-43,53,67H,16-19,24,26-34H2,1-15H3,(H,60,63,69)(H,61,64,70)(H,62,65,71)/t41-,42-,43-,53?/m1/s1. The van der Waals surface area contributed by atoms with E-state index in [-0.39, 0.29) is 66.1 Å². The molecule has 0 fully saturated rings. The van der Waals surface area contributed by atoms with Gasteiger partial charge in [-0.25, -0.2) is 68.6 Å². The van der Waals surface area contributed by atoms with E-state index in [9.17, 15) is 42.5 Å². The topological polar surface area (TPSA) is 512 Å². The van der Waals surface area contributed by atoms with E-state index in [1.54, 1.807) is 118 Å². The molecule has 1 unspecified atom stereocenters. The molecule has 0 saturated carbocycles. The molecule has 1 aliphatic rings. The summed E-state index contributed by atoms with van der Waals surface area (Å²) in [6, 6.07) is 0. The van der Waals surface area contributed by atoms with E-state index in [0.29, 0.717) is 17.9 Å². The summed E-state index contributed by atoms with van der Waals surface area (Å²) in [7, 11) is -13.1. The van der Waals surface area contributed by atoms with Crippen LogP contribution in [-0.4, -0.2) is 220 Å². The SMILES string of the molecule is CC[C@H](Cn1cnc2c(NC(Nc3ncnc4c3NCN4C[C@@H](C)OCP(=O)(OCOC(=O)OC(C)C)OCOC(=O)OC(C)C)Nc3ncnc4c3ncn4C[C@@H](C)OCP(=O)(OCOC(=O)OC(C)C)OCOC(=O)OC(C)C)ncnc21)OCP(=O)(OCOC(=O)OC(C)C)OCOC(=O)OC(C)C. The number of ether oxygens (including phenoxy) is 15. The third-order valence-electron chi connectivity index (χ3n) is 13.1. The van der Waals surface area contributed by atoms with Gasteiger partial charge in [0, 0.05) is 6.54 Å². The molecule has 4 N–H and O–H groups in total. The summed E-state index contributed by atoms with van der Waals surface area (Å²) in [6.07, 6.45) is -8.49. The van der Waals surface area contributed by atoms with Crippen molar-refractivity contribution in [1.82, 2.24) is 49.0 Å². The van der Waals surface area contributed by atoms with Crippen molar-refractivity contribution < 1.29 is 141 Å². The number of imidazole rings is 2.